The molecule has 1 aromatic carbocycles. The molecular weight excluding hydrogens is 348 g/mol. The molecule has 2 aromatic rings. The van der Waals surface area contributed by atoms with Crippen molar-refractivity contribution in [2.45, 2.75) is 38.5 Å². The molecule has 134 valence electrons. The highest BCUT2D eigenvalue weighted by molar-refractivity contribution is 6.31. The molecule has 1 aliphatic carbocycles. The second-order valence-corrected chi connectivity index (χ2v) is 7.67. The zero-order valence-corrected chi connectivity index (χ0v) is 15.5. The Hall–Kier alpha value is -2.32. The fourth-order valence-electron chi connectivity index (χ4n) is 3.57. The van der Waals surface area contributed by atoms with Gasteiger partial charge in [-0.25, -0.2) is 4.68 Å². The Morgan fingerprint density at radius 2 is 2.00 bits per heavy atom. The van der Waals surface area contributed by atoms with Crippen LogP contribution in [0.2, 0.25) is 5.02 Å². The second kappa shape index (κ2) is 6.77. The Bertz CT molecular complexity index is 886. The van der Waals surface area contributed by atoms with E-state index in [1.807, 2.05) is 34.7 Å². The van der Waals surface area contributed by atoms with E-state index in [1.165, 1.54) is 0 Å². The molecule has 0 radical (unpaired) electrons. The van der Waals surface area contributed by atoms with Gasteiger partial charge in [-0.05, 0) is 50.3 Å². The molecule has 6 heteroatoms. The summed E-state index contributed by atoms with van der Waals surface area (Å²) in [6.45, 7) is 3.25. The quantitative estimate of drug-likeness (QED) is 0.819. The molecule has 5 nitrogen and oxygen atoms in total. The van der Waals surface area contributed by atoms with Crippen molar-refractivity contribution in [3.8, 4) is 11.8 Å². The third-order valence-corrected chi connectivity index (χ3v) is 5.77. The van der Waals surface area contributed by atoms with E-state index in [9.17, 15) is 4.79 Å². The average molecular weight is 369 g/mol. The van der Waals surface area contributed by atoms with Gasteiger partial charge in [0.1, 0.15) is 0 Å². The van der Waals surface area contributed by atoms with Crippen LogP contribution in [-0.4, -0.2) is 33.7 Å². The lowest BCUT2D eigenvalue weighted by molar-refractivity contribution is 0.0706. The molecule has 1 amide bonds. The van der Waals surface area contributed by atoms with Crippen molar-refractivity contribution in [1.82, 2.24) is 14.7 Å². The summed E-state index contributed by atoms with van der Waals surface area (Å²) in [5.41, 5.74) is 3.61. The van der Waals surface area contributed by atoms with Crippen LogP contribution in [0.3, 0.4) is 0 Å². The zero-order chi connectivity index (χ0) is 18.3. The van der Waals surface area contributed by atoms with Crippen LogP contribution in [-0.2, 0) is 0 Å². The first-order valence-electron chi connectivity index (χ1n) is 9.12. The van der Waals surface area contributed by atoms with Crippen molar-refractivity contribution in [2.24, 2.45) is 5.92 Å². The lowest BCUT2D eigenvalue weighted by Gasteiger charge is -2.29. The maximum Gasteiger partial charge on any atom is 0.257 e. The Morgan fingerprint density at radius 1 is 1.27 bits per heavy atom. The van der Waals surface area contributed by atoms with E-state index in [-0.39, 0.29) is 11.8 Å². The van der Waals surface area contributed by atoms with Crippen LogP contribution >= 0.6 is 11.6 Å². The van der Waals surface area contributed by atoms with Crippen LogP contribution < -0.4 is 0 Å². The molecule has 26 heavy (non-hydrogen) atoms. The number of hydrogen-bond acceptors (Lipinski definition) is 3. The third-order valence-electron chi connectivity index (χ3n) is 5.37. The van der Waals surface area contributed by atoms with Crippen LogP contribution in [0.1, 0.15) is 53.2 Å². The van der Waals surface area contributed by atoms with Gasteiger partial charge in [0.05, 0.1) is 29.2 Å². The summed E-state index contributed by atoms with van der Waals surface area (Å²) < 4.78 is 1.87. The van der Waals surface area contributed by atoms with Crippen LogP contribution in [0.5, 0.6) is 0 Å². The zero-order valence-electron chi connectivity index (χ0n) is 14.8. The van der Waals surface area contributed by atoms with E-state index in [2.05, 4.69) is 11.2 Å². The van der Waals surface area contributed by atoms with Gasteiger partial charge >= 0.3 is 0 Å². The predicted molar refractivity (Wildman–Crippen MR) is 99.5 cm³/mol. The van der Waals surface area contributed by atoms with Gasteiger partial charge in [-0.15, -0.1) is 0 Å². The largest absolute Gasteiger partial charge is 0.338 e. The van der Waals surface area contributed by atoms with Crippen LogP contribution in [0, 0.1) is 24.2 Å². The number of likely N-dealkylation sites (tertiary alicyclic amines) is 1. The Labute approximate surface area is 158 Å². The minimum Gasteiger partial charge on any atom is -0.338 e. The summed E-state index contributed by atoms with van der Waals surface area (Å²) in [6, 6.07) is 8.19. The third kappa shape index (κ3) is 3.10. The van der Waals surface area contributed by atoms with Gasteiger partial charge in [0.15, 0.2) is 0 Å². The first-order valence-corrected chi connectivity index (χ1v) is 9.49. The average Bonchev–Trinajstić information content (AvgIpc) is 3.41. The van der Waals surface area contributed by atoms with Crippen molar-refractivity contribution in [2.75, 3.05) is 13.1 Å². The van der Waals surface area contributed by atoms with E-state index in [1.54, 1.807) is 6.20 Å². The van der Waals surface area contributed by atoms with E-state index in [0.717, 1.165) is 42.6 Å². The number of carbonyl (C=O) groups is 1. The highest BCUT2D eigenvalue weighted by Gasteiger charge is 2.35. The predicted octanol–water partition coefficient (Wildman–Crippen LogP) is 4.09. The highest BCUT2D eigenvalue weighted by Crippen LogP contribution is 2.43. The molecule has 0 unspecified atom stereocenters. The number of amides is 1. The number of aromatic nitrogens is 2. The van der Waals surface area contributed by atoms with E-state index in [0.29, 0.717) is 29.6 Å². The van der Waals surface area contributed by atoms with Crippen molar-refractivity contribution < 1.29 is 4.79 Å². The molecule has 0 bridgehead atoms. The van der Waals surface area contributed by atoms with Gasteiger partial charge in [-0.2, -0.15) is 10.4 Å². The fourth-order valence-corrected chi connectivity index (χ4v) is 3.75. The standard InChI is InChI=1S/C20H21ClN4O/c1-13-2-5-16(10-18(13)21)25-19(15-3-4-15)17(12-23-25)20(26)24-8-6-14(11-22)7-9-24/h2,5,10,12,14-15H,3-4,6-9H2,1H3. The molecule has 0 atom stereocenters. The summed E-state index contributed by atoms with van der Waals surface area (Å²) in [6.07, 6.45) is 5.37. The van der Waals surface area contributed by atoms with Gasteiger partial charge in [0.2, 0.25) is 0 Å². The lowest BCUT2D eigenvalue weighted by atomic mass is 9.98. The van der Waals surface area contributed by atoms with Gasteiger partial charge < -0.3 is 4.90 Å². The number of benzene rings is 1. The van der Waals surface area contributed by atoms with Gasteiger partial charge in [-0.3, -0.25) is 4.79 Å². The van der Waals surface area contributed by atoms with Gasteiger partial charge in [0, 0.05) is 29.9 Å². The van der Waals surface area contributed by atoms with Crippen molar-refractivity contribution in [3.63, 3.8) is 0 Å². The minimum absolute atomic E-state index is 0.0350. The Balaban J connectivity index is 1.65. The molecule has 0 spiro atoms. The summed E-state index contributed by atoms with van der Waals surface area (Å²) >= 11 is 6.29. The number of rotatable bonds is 3. The van der Waals surface area contributed by atoms with Crippen molar-refractivity contribution in [3.05, 3.63) is 46.2 Å². The van der Waals surface area contributed by atoms with Gasteiger partial charge in [0.25, 0.3) is 5.91 Å². The fraction of sp³-hybridized carbons (Fsp3) is 0.450. The number of hydrogen-bond donors (Lipinski definition) is 0. The number of nitriles is 1. The molecule has 4 rings (SSSR count). The monoisotopic (exact) mass is 368 g/mol. The first-order chi connectivity index (χ1) is 12.6. The van der Waals surface area contributed by atoms with Crippen molar-refractivity contribution in [1.29, 1.82) is 5.26 Å². The molecule has 2 fully saturated rings. The number of nitrogens with zero attached hydrogens (tertiary/aromatic N) is 4. The summed E-state index contributed by atoms with van der Waals surface area (Å²) in [4.78, 5) is 14.9. The smallest absolute Gasteiger partial charge is 0.257 e. The molecule has 1 aliphatic heterocycles. The van der Waals surface area contributed by atoms with E-state index < -0.39 is 0 Å². The lowest BCUT2D eigenvalue weighted by Crippen LogP contribution is -2.38. The topological polar surface area (TPSA) is 61.9 Å². The first kappa shape index (κ1) is 17.1. The van der Waals surface area contributed by atoms with Crippen LogP contribution in [0.4, 0.5) is 0 Å². The van der Waals surface area contributed by atoms with E-state index in [4.69, 9.17) is 16.9 Å². The molecule has 0 N–H and O–H groups in total. The molecule has 1 saturated carbocycles. The number of carbonyl (C=O) groups excluding carboxylic acids is 1. The molecule has 1 aromatic heterocycles. The summed E-state index contributed by atoms with van der Waals surface area (Å²) in [5.74, 6) is 0.486. The number of aryl methyl sites for hydroxylation is 1. The van der Waals surface area contributed by atoms with Crippen molar-refractivity contribution >= 4 is 17.5 Å². The Kier molecular flexibility index (Phi) is 4.46. The second-order valence-electron chi connectivity index (χ2n) is 7.26. The molecular formula is C20H21ClN4O. The highest BCUT2D eigenvalue weighted by atomic mass is 35.5. The SMILES string of the molecule is Cc1ccc(-n2ncc(C(=O)N3CCC(C#N)CC3)c2C2CC2)cc1Cl. The minimum atomic E-state index is 0.0350. The summed E-state index contributed by atoms with van der Waals surface area (Å²) in [7, 11) is 0. The normalized spacial score (nSPS) is 18.0. The molecule has 2 aliphatic rings. The van der Waals surface area contributed by atoms with E-state index >= 15 is 0 Å². The Morgan fingerprint density at radius 3 is 2.62 bits per heavy atom. The van der Waals surface area contributed by atoms with Crippen LogP contribution in [0.25, 0.3) is 5.69 Å². The maximum absolute atomic E-state index is 13.1. The maximum atomic E-state index is 13.1. The van der Waals surface area contributed by atoms with Crippen LogP contribution in [0.15, 0.2) is 24.4 Å². The molecule has 2 heterocycles. The summed E-state index contributed by atoms with van der Waals surface area (Å²) in [5, 5.41) is 14.3. The van der Waals surface area contributed by atoms with Gasteiger partial charge in [-0.1, -0.05) is 17.7 Å². The molecule has 1 saturated heterocycles. The number of piperidine rings is 1. The number of halogens is 1.